The molecule has 1 aromatic rings. The van der Waals surface area contributed by atoms with Crippen LogP contribution in [0.1, 0.15) is 25.5 Å². The van der Waals surface area contributed by atoms with Gasteiger partial charge in [-0.15, -0.1) is 0 Å². The van der Waals surface area contributed by atoms with E-state index in [9.17, 15) is 0 Å². The molecular weight excluding hydrogens is 188 g/mol. The Morgan fingerprint density at radius 1 is 1.47 bits per heavy atom. The van der Waals surface area contributed by atoms with Gasteiger partial charge in [0.1, 0.15) is 11.9 Å². The third-order valence-electron chi connectivity index (χ3n) is 2.73. The van der Waals surface area contributed by atoms with Crippen molar-refractivity contribution in [3.63, 3.8) is 0 Å². The quantitative estimate of drug-likeness (QED) is 0.693. The molecule has 0 saturated carbocycles. The molecule has 1 fully saturated rings. The smallest absolute Gasteiger partial charge is 0.158 e. The molecule has 4 nitrogen and oxygen atoms in total. The summed E-state index contributed by atoms with van der Waals surface area (Å²) in [6.45, 7) is 4.34. The van der Waals surface area contributed by atoms with Gasteiger partial charge in [-0.05, 0) is 18.8 Å². The van der Waals surface area contributed by atoms with Crippen LogP contribution >= 0.6 is 0 Å². The molecule has 1 atom stereocenters. The van der Waals surface area contributed by atoms with E-state index in [0.717, 1.165) is 24.8 Å². The molecule has 2 rings (SSSR count). The second-order valence-corrected chi connectivity index (χ2v) is 4.07. The SMILES string of the molecule is CC1CCCN(c2cnc(C#N)cn2)C1. The van der Waals surface area contributed by atoms with Gasteiger partial charge < -0.3 is 4.90 Å². The minimum Gasteiger partial charge on any atom is -0.355 e. The molecule has 1 unspecified atom stereocenters. The first-order chi connectivity index (χ1) is 7.29. The van der Waals surface area contributed by atoms with E-state index >= 15 is 0 Å². The summed E-state index contributed by atoms with van der Waals surface area (Å²) in [5.74, 6) is 1.61. The monoisotopic (exact) mass is 202 g/mol. The summed E-state index contributed by atoms with van der Waals surface area (Å²) < 4.78 is 0. The Bertz CT molecular complexity index is 365. The molecule has 1 saturated heterocycles. The molecule has 0 radical (unpaired) electrons. The lowest BCUT2D eigenvalue weighted by molar-refractivity contribution is 0.444. The van der Waals surface area contributed by atoms with Crippen molar-refractivity contribution < 1.29 is 0 Å². The van der Waals surface area contributed by atoms with Crippen LogP contribution in [-0.2, 0) is 0 Å². The molecule has 0 aromatic carbocycles. The molecule has 2 heterocycles. The second kappa shape index (κ2) is 4.26. The van der Waals surface area contributed by atoms with E-state index in [1.165, 1.54) is 19.0 Å². The van der Waals surface area contributed by atoms with Crippen LogP contribution in [0.15, 0.2) is 12.4 Å². The topological polar surface area (TPSA) is 52.8 Å². The maximum Gasteiger partial charge on any atom is 0.158 e. The maximum atomic E-state index is 8.61. The normalized spacial score (nSPS) is 21.1. The third kappa shape index (κ3) is 2.24. The highest BCUT2D eigenvalue weighted by Gasteiger charge is 2.17. The predicted molar refractivity (Wildman–Crippen MR) is 57.4 cm³/mol. The molecule has 0 amide bonds. The molecule has 15 heavy (non-hydrogen) atoms. The summed E-state index contributed by atoms with van der Waals surface area (Å²) in [6.07, 6.45) is 5.73. The van der Waals surface area contributed by atoms with Crippen molar-refractivity contribution >= 4 is 5.82 Å². The fourth-order valence-electron chi connectivity index (χ4n) is 1.94. The van der Waals surface area contributed by atoms with Gasteiger partial charge in [0, 0.05) is 13.1 Å². The van der Waals surface area contributed by atoms with Crippen LogP contribution in [0.25, 0.3) is 0 Å². The van der Waals surface area contributed by atoms with Gasteiger partial charge in [-0.3, -0.25) is 0 Å². The third-order valence-corrected chi connectivity index (χ3v) is 2.73. The van der Waals surface area contributed by atoms with Gasteiger partial charge >= 0.3 is 0 Å². The highest BCUT2D eigenvalue weighted by atomic mass is 15.2. The zero-order chi connectivity index (χ0) is 10.7. The van der Waals surface area contributed by atoms with Crippen LogP contribution in [0.5, 0.6) is 0 Å². The maximum absolute atomic E-state index is 8.61. The zero-order valence-corrected chi connectivity index (χ0v) is 8.85. The first-order valence-electron chi connectivity index (χ1n) is 5.26. The van der Waals surface area contributed by atoms with Crippen molar-refractivity contribution in [1.82, 2.24) is 9.97 Å². The Morgan fingerprint density at radius 2 is 2.33 bits per heavy atom. The minimum absolute atomic E-state index is 0.379. The fourth-order valence-corrected chi connectivity index (χ4v) is 1.94. The molecule has 0 spiro atoms. The number of anilines is 1. The lowest BCUT2D eigenvalue weighted by atomic mass is 10.0. The van der Waals surface area contributed by atoms with Gasteiger partial charge in [0.05, 0.1) is 12.4 Å². The zero-order valence-electron chi connectivity index (χ0n) is 8.85. The highest BCUT2D eigenvalue weighted by Crippen LogP contribution is 2.20. The highest BCUT2D eigenvalue weighted by molar-refractivity contribution is 5.37. The molecular formula is C11H14N4. The van der Waals surface area contributed by atoms with Gasteiger partial charge in [-0.2, -0.15) is 5.26 Å². The average Bonchev–Trinajstić information content (AvgIpc) is 2.29. The number of piperidine rings is 1. The summed E-state index contributed by atoms with van der Waals surface area (Å²) >= 11 is 0. The Hall–Kier alpha value is -1.63. The van der Waals surface area contributed by atoms with Crippen molar-refractivity contribution in [3.8, 4) is 6.07 Å². The number of nitrogens with zero attached hydrogens (tertiary/aromatic N) is 4. The van der Waals surface area contributed by atoms with E-state index < -0.39 is 0 Å². The number of rotatable bonds is 1. The predicted octanol–water partition coefficient (Wildman–Crippen LogP) is 1.58. The van der Waals surface area contributed by atoms with Crippen molar-refractivity contribution in [2.75, 3.05) is 18.0 Å². The van der Waals surface area contributed by atoms with Crippen molar-refractivity contribution in [3.05, 3.63) is 18.1 Å². The van der Waals surface area contributed by atoms with E-state index in [2.05, 4.69) is 21.8 Å². The van der Waals surface area contributed by atoms with E-state index in [4.69, 9.17) is 5.26 Å². The van der Waals surface area contributed by atoms with Crippen LogP contribution < -0.4 is 4.90 Å². The summed E-state index contributed by atoms with van der Waals surface area (Å²) in [7, 11) is 0. The summed E-state index contributed by atoms with van der Waals surface area (Å²) in [5, 5.41) is 8.61. The van der Waals surface area contributed by atoms with Gasteiger partial charge in [0.2, 0.25) is 0 Å². The van der Waals surface area contributed by atoms with Crippen LogP contribution in [0.3, 0.4) is 0 Å². The fraction of sp³-hybridized carbons (Fsp3) is 0.545. The standard InChI is InChI=1S/C11H14N4/c1-9-3-2-4-15(8-9)11-7-13-10(5-12)6-14-11/h6-7,9H,2-4,8H2,1H3. The summed E-state index contributed by atoms with van der Waals surface area (Å²) in [4.78, 5) is 10.5. The van der Waals surface area contributed by atoms with Gasteiger partial charge in [-0.25, -0.2) is 9.97 Å². The van der Waals surface area contributed by atoms with E-state index in [-0.39, 0.29) is 0 Å². The summed E-state index contributed by atoms with van der Waals surface area (Å²) in [6, 6.07) is 1.97. The van der Waals surface area contributed by atoms with E-state index in [0.29, 0.717) is 5.69 Å². The Labute approximate surface area is 89.6 Å². The van der Waals surface area contributed by atoms with Crippen LogP contribution in [0.2, 0.25) is 0 Å². The number of aromatic nitrogens is 2. The molecule has 78 valence electrons. The first kappa shape index (κ1) is 9.91. The van der Waals surface area contributed by atoms with Crippen molar-refractivity contribution in [2.45, 2.75) is 19.8 Å². The van der Waals surface area contributed by atoms with Crippen LogP contribution in [0, 0.1) is 17.2 Å². The van der Waals surface area contributed by atoms with Crippen LogP contribution in [0.4, 0.5) is 5.82 Å². The molecule has 4 heteroatoms. The lowest BCUT2D eigenvalue weighted by Crippen LogP contribution is -2.34. The van der Waals surface area contributed by atoms with Crippen molar-refractivity contribution in [2.24, 2.45) is 5.92 Å². The minimum atomic E-state index is 0.379. The molecule has 0 aliphatic carbocycles. The molecule has 1 aliphatic rings. The Morgan fingerprint density at radius 3 is 2.93 bits per heavy atom. The average molecular weight is 202 g/mol. The Balaban J connectivity index is 2.12. The second-order valence-electron chi connectivity index (χ2n) is 4.07. The van der Waals surface area contributed by atoms with E-state index in [1.807, 2.05) is 6.07 Å². The summed E-state index contributed by atoms with van der Waals surface area (Å²) in [5.41, 5.74) is 0.379. The van der Waals surface area contributed by atoms with Gasteiger partial charge in [0.15, 0.2) is 5.69 Å². The Kier molecular flexibility index (Phi) is 2.82. The lowest BCUT2D eigenvalue weighted by Gasteiger charge is -2.31. The van der Waals surface area contributed by atoms with Gasteiger partial charge in [0.25, 0.3) is 0 Å². The first-order valence-corrected chi connectivity index (χ1v) is 5.26. The number of nitriles is 1. The molecule has 1 aromatic heterocycles. The molecule has 0 bridgehead atoms. The molecule has 0 N–H and O–H groups in total. The largest absolute Gasteiger partial charge is 0.355 e. The molecule has 1 aliphatic heterocycles. The van der Waals surface area contributed by atoms with Gasteiger partial charge in [-0.1, -0.05) is 6.92 Å². The van der Waals surface area contributed by atoms with Crippen molar-refractivity contribution in [1.29, 1.82) is 5.26 Å². The van der Waals surface area contributed by atoms with Crippen LogP contribution in [-0.4, -0.2) is 23.1 Å². The number of hydrogen-bond acceptors (Lipinski definition) is 4. The number of hydrogen-bond donors (Lipinski definition) is 0. The van der Waals surface area contributed by atoms with E-state index in [1.54, 1.807) is 6.20 Å².